The van der Waals surface area contributed by atoms with Crippen molar-refractivity contribution in [3.63, 3.8) is 0 Å². The molecule has 0 unspecified atom stereocenters. The molecule has 0 radical (unpaired) electrons. The van der Waals surface area contributed by atoms with Crippen molar-refractivity contribution in [2.24, 2.45) is 0 Å². The van der Waals surface area contributed by atoms with Gasteiger partial charge >= 0.3 is 0 Å². The lowest BCUT2D eigenvalue weighted by atomic mass is 9.93. The second-order valence-corrected chi connectivity index (χ2v) is 5.50. The van der Waals surface area contributed by atoms with Gasteiger partial charge in [-0.2, -0.15) is 0 Å². The molecule has 0 fully saturated rings. The van der Waals surface area contributed by atoms with E-state index in [1.54, 1.807) is 13.3 Å². The van der Waals surface area contributed by atoms with E-state index in [4.69, 9.17) is 0 Å². The topological polar surface area (TPSA) is 42.9 Å². The fourth-order valence-electron chi connectivity index (χ4n) is 3.02. The number of carbonyl (C=O) groups excluding carboxylic acids is 1. The molecule has 0 aliphatic rings. The summed E-state index contributed by atoms with van der Waals surface area (Å²) in [4.78, 5) is 21.0. The number of nitrogens with zero attached hydrogens (tertiary/aromatic N) is 2. The number of fused-ring (bicyclic) bond motifs is 2. The highest BCUT2D eigenvalue weighted by Crippen LogP contribution is 2.34. The van der Waals surface area contributed by atoms with Gasteiger partial charge in [-0.3, -0.25) is 4.79 Å². The summed E-state index contributed by atoms with van der Waals surface area (Å²) in [6.45, 7) is 1.59. The number of hydrogen-bond acceptors (Lipinski definition) is 3. The number of ketones is 1. The summed E-state index contributed by atoms with van der Waals surface area (Å²) in [5.74, 6) is 0.0356. The van der Waals surface area contributed by atoms with Crippen LogP contribution in [0.25, 0.3) is 32.9 Å². The van der Waals surface area contributed by atoms with E-state index in [1.807, 2.05) is 60.7 Å². The van der Waals surface area contributed by atoms with Crippen molar-refractivity contribution in [1.29, 1.82) is 0 Å². The molecule has 0 spiro atoms. The summed E-state index contributed by atoms with van der Waals surface area (Å²) in [7, 11) is 0. The Kier molecular flexibility index (Phi) is 3.12. The molecule has 0 N–H and O–H groups in total. The lowest BCUT2D eigenvalue weighted by Gasteiger charge is -2.12. The monoisotopic (exact) mass is 298 g/mol. The number of aromatic nitrogens is 2. The molecule has 4 aromatic rings. The van der Waals surface area contributed by atoms with E-state index in [0.29, 0.717) is 5.56 Å². The number of para-hydroxylation sites is 1. The molecular weight excluding hydrogens is 284 g/mol. The molecule has 0 aliphatic carbocycles. The van der Waals surface area contributed by atoms with Crippen LogP contribution in [-0.2, 0) is 0 Å². The summed E-state index contributed by atoms with van der Waals surface area (Å²) < 4.78 is 0. The zero-order valence-electron chi connectivity index (χ0n) is 12.7. The normalized spacial score (nSPS) is 11.0. The highest BCUT2D eigenvalue weighted by atomic mass is 16.1. The lowest BCUT2D eigenvalue weighted by Crippen LogP contribution is -1.99. The smallest absolute Gasteiger partial charge is 0.160 e. The molecule has 3 heteroatoms. The molecule has 0 saturated heterocycles. The summed E-state index contributed by atoms with van der Waals surface area (Å²) >= 11 is 0. The molecule has 3 nitrogen and oxygen atoms in total. The predicted molar refractivity (Wildman–Crippen MR) is 92.5 cm³/mol. The number of hydrogen-bond donors (Lipinski definition) is 0. The van der Waals surface area contributed by atoms with Gasteiger partial charge in [0.05, 0.1) is 11.2 Å². The van der Waals surface area contributed by atoms with E-state index in [9.17, 15) is 4.79 Å². The van der Waals surface area contributed by atoms with Gasteiger partial charge in [0, 0.05) is 16.5 Å². The predicted octanol–water partition coefficient (Wildman–Crippen LogP) is 4.65. The molecule has 110 valence electrons. The Labute approximate surface area is 133 Å². The van der Waals surface area contributed by atoms with Crippen molar-refractivity contribution in [3.8, 4) is 11.3 Å². The highest BCUT2D eigenvalue weighted by Gasteiger charge is 2.16. The van der Waals surface area contributed by atoms with Crippen LogP contribution in [0.4, 0.5) is 0 Å². The van der Waals surface area contributed by atoms with Gasteiger partial charge in [-0.15, -0.1) is 0 Å². The third-order valence-corrected chi connectivity index (χ3v) is 4.09. The zero-order chi connectivity index (χ0) is 15.8. The molecule has 1 aromatic heterocycles. The van der Waals surface area contributed by atoms with E-state index >= 15 is 0 Å². The van der Waals surface area contributed by atoms with E-state index in [0.717, 1.165) is 32.9 Å². The van der Waals surface area contributed by atoms with E-state index in [1.165, 1.54) is 0 Å². The number of carbonyl (C=O) groups is 1. The van der Waals surface area contributed by atoms with Crippen LogP contribution in [-0.4, -0.2) is 15.8 Å². The van der Waals surface area contributed by atoms with Gasteiger partial charge in [0.2, 0.25) is 0 Å². The minimum atomic E-state index is 0.0356. The molecule has 1 heterocycles. The van der Waals surface area contributed by atoms with Gasteiger partial charge in [-0.1, -0.05) is 54.6 Å². The fraction of sp³-hybridized carbons (Fsp3) is 0.0500. The van der Waals surface area contributed by atoms with Gasteiger partial charge < -0.3 is 0 Å². The van der Waals surface area contributed by atoms with Crippen molar-refractivity contribution < 1.29 is 4.79 Å². The van der Waals surface area contributed by atoms with Crippen molar-refractivity contribution in [3.05, 3.63) is 72.6 Å². The second kappa shape index (κ2) is 5.29. The largest absolute Gasteiger partial charge is 0.294 e. The van der Waals surface area contributed by atoms with E-state index in [-0.39, 0.29) is 5.78 Å². The maximum absolute atomic E-state index is 12.2. The minimum absolute atomic E-state index is 0.0356. The maximum Gasteiger partial charge on any atom is 0.160 e. The summed E-state index contributed by atoms with van der Waals surface area (Å²) in [5, 5.41) is 3.08. The molecule has 3 aromatic carbocycles. The molecule has 0 bridgehead atoms. The van der Waals surface area contributed by atoms with Crippen molar-refractivity contribution in [2.75, 3.05) is 0 Å². The molecule has 0 amide bonds. The number of Topliss-reactive ketones (excluding diaryl/α,β-unsaturated/α-hetero) is 1. The molecule has 0 aliphatic heterocycles. The molecule has 0 atom stereocenters. The third kappa shape index (κ3) is 2.18. The SMILES string of the molecule is CC(=O)c1ccc2ccccc2c1-c1ncnc2ccccc12. The Morgan fingerprint density at radius 1 is 0.826 bits per heavy atom. The van der Waals surface area contributed by atoms with Crippen LogP contribution in [0, 0.1) is 0 Å². The van der Waals surface area contributed by atoms with Crippen LogP contribution in [0.15, 0.2) is 67.0 Å². The van der Waals surface area contributed by atoms with Gasteiger partial charge in [0.1, 0.15) is 6.33 Å². The van der Waals surface area contributed by atoms with Gasteiger partial charge in [-0.25, -0.2) is 9.97 Å². The van der Waals surface area contributed by atoms with Gasteiger partial charge in [0.15, 0.2) is 5.78 Å². The van der Waals surface area contributed by atoms with Crippen LogP contribution in [0.1, 0.15) is 17.3 Å². The van der Waals surface area contributed by atoms with Crippen LogP contribution in [0.2, 0.25) is 0 Å². The number of benzene rings is 3. The van der Waals surface area contributed by atoms with Crippen LogP contribution in [0.3, 0.4) is 0 Å². The summed E-state index contributed by atoms with van der Waals surface area (Å²) in [6, 6.07) is 19.8. The van der Waals surface area contributed by atoms with Crippen molar-refractivity contribution in [1.82, 2.24) is 9.97 Å². The van der Waals surface area contributed by atoms with Gasteiger partial charge in [0.25, 0.3) is 0 Å². The Bertz CT molecular complexity index is 1050. The van der Waals surface area contributed by atoms with Gasteiger partial charge in [-0.05, 0) is 23.8 Å². The standard InChI is InChI=1S/C20H14N2O/c1-13(23)15-11-10-14-6-2-3-7-16(14)19(15)20-17-8-4-5-9-18(17)21-12-22-20/h2-12H,1H3. The van der Waals surface area contributed by atoms with E-state index in [2.05, 4.69) is 9.97 Å². The molecule has 0 saturated carbocycles. The minimum Gasteiger partial charge on any atom is -0.294 e. The summed E-state index contributed by atoms with van der Waals surface area (Å²) in [6.07, 6.45) is 1.56. The van der Waals surface area contributed by atoms with Crippen LogP contribution in [0.5, 0.6) is 0 Å². The molecule has 23 heavy (non-hydrogen) atoms. The fourth-order valence-corrected chi connectivity index (χ4v) is 3.02. The summed E-state index contributed by atoms with van der Waals surface area (Å²) in [5.41, 5.74) is 3.25. The Morgan fingerprint density at radius 2 is 1.57 bits per heavy atom. The highest BCUT2D eigenvalue weighted by molar-refractivity contribution is 6.12. The average Bonchev–Trinajstić information content (AvgIpc) is 2.60. The quantitative estimate of drug-likeness (QED) is 0.506. The Hall–Kier alpha value is -3.07. The van der Waals surface area contributed by atoms with Crippen LogP contribution < -0.4 is 0 Å². The number of rotatable bonds is 2. The first-order valence-electron chi connectivity index (χ1n) is 7.48. The maximum atomic E-state index is 12.2. The van der Waals surface area contributed by atoms with E-state index < -0.39 is 0 Å². The first kappa shape index (κ1) is 13.6. The molecule has 4 rings (SSSR count). The first-order chi connectivity index (χ1) is 11.3. The zero-order valence-corrected chi connectivity index (χ0v) is 12.7. The lowest BCUT2D eigenvalue weighted by molar-refractivity contribution is 0.101. The van der Waals surface area contributed by atoms with Crippen molar-refractivity contribution >= 4 is 27.5 Å². The third-order valence-electron chi connectivity index (χ3n) is 4.09. The second-order valence-electron chi connectivity index (χ2n) is 5.50. The Morgan fingerprint density at radius 3 is 2.39 bits per heavy atom. The van der Waals surface area contributed by atoms with Crippen LogP contribution >= 0.6 is 0 Å². The molecular formula is C20H14N2O. The average molecular weight is 298 g/mol. The first-order valence-corrected chi connectivity index (χ1v) is 7.48. The van der Waals surface area contributed by atoms with Crippen molar-refractivity contribution in [2.45, 2.75) is 6.92 Å². The Balaban J connectivity index is 2.19.